The molecule has 10 heavy (non-hydrogen) atoms. The zero-order valence-corrected chi connectivity index (χ0v) is 7.33. The van der Waals surface area contributed by atoms with E-state index in [4.69, 9.17) is 0 Å². The standard InChI is InChI=1S/C7H10OS2/c1-3-5-10-7(8)6(9)4-2/h3-4,6,9H,1-2,5H2. The first-order chi connectivity index (χ1) is 4.72. The lowest BCUT2D eigenvalue weighted by Gasteiger charge is -1.99. The molecule has 0 aromatic carbocycles. The summed E-state index contributed by atoms with van der Waals surface area (Å²) in [5, 5.41) is -0.316. The SMILES string of the molecule is C=CCSC(=O)C(S)C=C. The Kier molecular flexibility index (Phi) is 5.54. The maximum Gasteiger partial charge on any atom is 0.205 e. The van der Waals surface area contributed by atoms with E-state index in [1.807, 2.05) is 0 Å². The lowest BCUT2D eigenvalue weighted by Crippen LogP contribution is -2.06. The predicted molar refractivity (Wildman–Crippen MR) is 50.6 cm³/mol. The Morgan fingerprint density at radius 2 is 2.30 bits per heavy atom. The van der Waals surface area contributed by atoms with Crippen LogP contribution in [-0.2, 0) is 4.79 Å². The summed E-state index contributed by atoms with van der Waals surface area (Å²) < 4.78 is 0. The fourth-order valence-electron chi connectivity index (χ4n) is 0.323. The molecular formula is C7H10OS2. The largest absolute Gasteiger partial charge is 0.286 e. The summed E-state index contributed by atoms with van der Waals surface area (Å²) in [4.78, 5) is 10.9. The average Bonchev–Trinajstić information content (AvgIpc) is 1.98. The fourth-order valence-corrected chi connectivity index (χ4v) is 1.10. The summed E-state index contributed by atoms with van der Waals surface area (Å²) in [7, 11) is 0. The van der Waals surface area contributed by atoms with Crippen molar-refractivity contribution in [3.05, 3.63) is 25.3 Å². The van der Waals surface area contributed by atoms with E-state index in [-0.39, 0.29) is 10.4 Å². The van der Waals surface area contributed by atoms with E-state index < -0.39 is 0 Å². The van der Waals surface area contributed by atoms with Crippen molar-refractivity contribution in [1.82, 2.24) is 0 Å². The maximum atomic E-state index is 10.9. The van der Waals surface area contributed by atoms with Gasteiger partial charge in [0.2, 0.25) is 5.12 Å². The first-order valence-corrected chi connectivity index (χ1v) is 4.30. The Hall–Kier alpha value is -0.150. The van der Waals surface area contributed by atoms with Crippen molar-refractivity contribution in [3.63, 3.8) is 0 Å². The van der Waals surface area contributed by atoms with Crippen LogP contribution in [0.4, 0.5) is 0 Å². The second kappa shape index (κ2) is 5.62. The van der Waals surface area contributed by atoms with Crippen LogP contribution in [0.3, 0.4) is 0 Å². The number of thiol groups is 1. The summed E-state index contributed by atoms with van der Waals surface area (Å²) in [5.41, 5.74) is 0. The predicted octanol–water partition coefficient (Wildman–Crippen LogP) is 1.92. The molecule has 0 aromatic rings. The Labute approximate surface area is 71.0 Å². The summed E-state index contributed by atoms with van der Waals surface area (Å²) in [5.74, 6) is 0.643. The van der Waals surface area contributed by atoms with Crippen LogP contribution in [0.1, 0.15) is 0 Å². The highest BCUT2D eigenvalue weighted by atomic mass is 32.2. The van der Waals surface area contributed by atoms with Crippen LogP contribution in [0.5, 0.6) is 0 Å². The quantitative estimate of drug-likeness (QED) is 0.518. The average molecular weight is 174 g/mol. The molecule has 0 aliphatic carbocycles. The Morgan fingerprint density at radius 3 is 2.70 bits per heavy atom. The van der Waals surface area contributed by atoms with E-state index in [0.717, 1.165) is 0 Å². The van der Waals surface area contributed by atoms with Gasteiger partial charge in [-0.3, -0.25) is 4.79 Å². The molecule has 1 atom stereocenters. The number of hydrogen-bond acceptors (Lipinski definition) is 3. The minimum absolute atomic E-state index is 0.0261. The van der Waals surface area contributed by atoms with Crippen LogP contribution in [0.25, 0.3) is 0 Å². The van der Waals surface area contributed by atoms with Gasteiger partial charge in [0.1, 0.15) is 0 Å². The molecule has 0 saturated heterocycles. The Balaban J connectivity index is 3.61. The molecule has 0 fully saturated rings. The van der Waals surface area contributed by atoms with Crippen molar-refractivity contribution >= 4 is 29.5 Å². The molecule has 56 valence electrons. The highest BCUT2D eigenvalue weighted by Gasteiger charge is 2.08. The van der Waals surface area contributed by atoms with Gasteiger partial charge in [-0.25, -0.2) is 0 Å². The van der Waals surface area contributed by atoms with Gasteiger partial charge in [0.05, 0.1) is 5.25 Å². The lowest BCUT2D eigenvalue weighted by atomic mass is 10.5. The Bertz CT molecular complexity index is 143. The van der Waals surface area contributed by atoms with Crippen molar-refractivity contribution in [3.8, 4) is 0 Å². The van der Waals surface area contributed by atoms with Crippen molar-refractivity contribution in [2.75, 3.05) is 5.75 Å². The minimum Gasteiger partial charge on any atom is -0.286 e. The lowest BCUT2D eigenvalue weighted by molar-refractivity contribution is -0.109. The number of thioether (sulfide) groups is 1. The highest BCUT2D eigenvalue weighted by Crippen LogP contribution is 2.10. The molecule has 0 spiro atoms. The Morgan fingerprint density at radius 1 is 1.70 bits per heavy atom. The molecule has 3 heteroatoms. The second-order valence-corrected chi connectivity index (χ2v) is 3.18. The van der Waals surface area contributed by atoms with E-state index in [2.05, 4.69) is 25.8 Å². The third-order valence-corrected chi connectivity index (χ3v) is 2.37. The highest BCUT2D eigenvalue weighted by molar-refractivity contribution is 8.15. The molecule has 1 unspecified atom stereocenters. The van der Waals surface area contributed by atoms with E-state index in [9.17, 15) is 4.79 Å². The van der Waals surface area contributed by atoms with E-state index in [1.54, 1.807) is 6.08 Å². The number of carbonyl (C=O) groups excluding carboxylic acids is 1. The first kappa shape index (κ1) is 9.85. The molecule has 0 heterocycles. The van der Waals surface area contributed by atoms with Gasteiger partial charge in [0.25, 0.3) is 0 Å². The van der Waals surface area contributed by atoms with Crippen LogP contribution in [0, 0.1) is 0 Å². The smallest absolute Gasteiger partial charge is 0.205 e. The topological polar surface area (TPSA) is 17.1 Å². The van der Waals surface area contributed by atoms with Crippen molar-refractivity contribution in [2.45, 2.75) is 5.25 Å². The van der Waals surface area contributed by atoms with E-state index in [0.29, 0.717) is 5.75 Å². The van der Waals surface area contributed by atoms with Crippen molar-refractivity contribution in [1.29, 1.82) is 0 Å². The normalized spacial score (nSPS) is 12.1. The van der Waals surface area contributed by atoms with Gasteiger partial charge in [-0.1, -0.05) is 23.9 Å². The van der Waals surface area contributed by atoms with E-state index in [1.165, 1.54) is 17.8 Å². The summed E-state index contributed by atoms with van der Waals surface area (Å²) in [6.07, 6.45) is 3.20. The monoisotopic (exact) mass is 174 g/mol. The van der Waals surface area contributed by atoms with Gasteiger partial charge in [0.15, 0.2) is 0 Å². The fraction of sp³-hybridized carbons (Fsp3) is 0.286. The van der Waals surface area contributed by atoms with Crippen LogP contribution < -0.4 is 0 Å². The number of rotatable bonds is 4. The molecule has 0 rings (SSSR count). The van der Waals surface area contributed by atoms with Crippen LogP contribution in [0.2, 0.25) is 0 Å². The van der Waals surface area contributed by atoms with Crippen molar-refractivity contribution in [2.24, 2.45) is 0 Å². The molecule has 1 nitrogen and oxygen atoms in total. The van der Waals surface area contributed by atoms with Gasteiger partial charge in [-0.15, -0.1) is 13.2 Å². The summed E-state index contributed by atoms with van der Waals surface area (Å²) >= 11 is 5.18. The van der Waals surface area contributed by atoms with Gasteiger partial charge < -0.3 is 0 Å². The van der Waals surface area contributed by atoms with Crippen LogP contribution >= 0.6 is 24.4 Å². The van der Waals surface area contributed by atoms with Gasteiger partial charge in [-0.05, 0) is 0 Å². The summed E-state index contributed by atoms with van der Waals surface area (Å²) in [6.45, 7) is 6.95. The molecule has 0 aliphatic rings. The van der Waals surface area contributed by atoms with Crippen LogP contribution in [-0.4, -0.2) is 16.1 Å². The molecule has 0 N–H and O–H groups in total. The molecule has 0 radical (unpaired) electrons. The van der Waals surface area contributed by atoms with Gasteiger partial charge in [-0.2, -0.15) is 12.6 Å². The van der Waals surface area contributed by atoms with Gasteiger partial charge >= 0.3 is 0 Å². The molecular weight excluding hydrogens is 164 g/mol. The molecule has 0 bridgehead atoms. The zero-order chi connectivity index (χ0) is 7.98. The molecule has 0 saturated carbocycles. The third kappa shape index (κ3) is 3.80. The van der Waals surface area contributed by atoms with Crippen LogP contribution in [0.15, 0.2) is 25.3 Å². The number of hydrogen-bond donors (Lipinski definition) is 1. The molecule has 0 amide bonds. The first-order valence-electron chi connectivity index (χ1n) is 2.80. The zero-order valence-electron chi connectivity index (χ0n) is 5.62. The second-order valence-electron chi connectivity index (χ2n) is 1.60. The minimum atomic E-state index is -0.343. The van der Waals surface area contributed by atoms with Gasteiger partial charge in [0, 0.05) is 5.75 Å². The van der Waals surface area contributed by atoms with E-state index >= 15 is 0 Å². The number of carbonyl (C=O) groups is 1. The maximum absolute atomic E-state index is 10.9. The van der Waals surface area contributed by atoms with Crippen molar-refractivity contribution < 1.29 is 4.79 Å². The summed E-state index contributed by atoms with van der Waals surface area (Å²) in [6, 6.07) is 0. The molecule has 0 aromatic heterocycles. The molecule has 0 aliphatic heterocycles. The third-order valence-electron chi connectivity index (χ3n) is 0.808.